The first-order valence-corrected chi connectivity index (χ1v) is 11.8. The number of aromatic nitrogens is 3. The van der Waals surface area contributed by atoms with Crippen LogP contribution in [0.3, 0.4) is 0 Å². The number of hydrogen-bond acceptors (Lipinski definition) is 3. The van der Waals surface area contributed by atoms with Gasteiger partial charge >= 0.3 is 0 Å². The first-order chi connectivity index (χ1) is 16.5. The van der Waals surface area contributed by atoms with Gasteiger partial charge in [0.05, 0.1) is 0 Å². The summed E-state index contributed by atoms with van der Waals surface area (Å²) in [6.45, 7) is 8.80. The normalized spacial score (nSPS) is 11.6. The Bertz CT molecular complexity index is 1480. The molecule has 5 aromatic rings. The van der Waals surface area contributed by atoms with Crippen molar-refractivity contribution < 1.29 is 5.11 Å². The predicted octanol–water partition coefficient (Wildman–Crippen LogP) is 7.91. The second-order valence-corrected chi connectivity index (χ2v) is 9.40. The summed E-state index contributed by atoms with van der Waals surface area (Å²) in [5, 5.41) is 23.1. The Morgan fingerprint density at radius 1 is 0.618 bits per heavy atom. The van der Waals surface area contributed by atoms with Gasteiger partial charge in [0.1, 0.15) is 16.8 Å². The number of phenols is 1. The van der Waals surface area contributed by atoms with Gasteiger partial charge in [-0.05, 0) is 57.9 Å². The fourth-order valence-corrected chi connectivity index (χ4v) is 4.79. The molecule has 0 aliphatic carbocycles. The molecule has 1 aromatic heterocycles. The number of aromatic hydroxyl groups is 1. The number of para-hydroxylation sites is 1. The molecule has 0 aliphatic rings. The van der Waals surface area contributed by atoms with E-state index in [4.69, 9.17) is 0 Å². The van der Waals surface area contributed by atoms with Crippen molar-refractivity contribution in [3.63, 3.8) is 0 Å². The van der Waals surface area contributed by atoms with Crippen LogP contribution in [0, 0.1) is 0 Å². The van der Waals surface area contributed by atoms with Crippen LogP contribution in [-0.2, 0) is 0 Å². The maximum Gasteiger partial charge on any atom is 0.131 e. The molecule has 0 fully saturated rings. The van der Waals surface area contributed by atoms with Crippen LogP contribution >= 0.6 is 0 Å². The Hall–Kier alpha value is -3.92. The van der Waals surface area contributed by atoms with Crippen molar-refractivity contribution in [2.75, 3.05) is 0 Å². The van der Waals surface area contributed by atoms with Gasteiger partial charge in [0.15, 0.2) is 0 Å². The minimum absolute atomic E-state index is 0.259. The molecular formula is C30H29N3O. The van der Waals surface area contributed by atoms with Gasteiger partial charge in [-0.25, -0.2) is 0 Å². The van der Waals surface area contributed by atoms with Gasteiger partial charge in [0, 0.05) is 16.7 Å². The molecule has 170 valence electrons. The summed E-state index contributed by atoms with van der Waals surface area (Å²) >= 11 is 0. The van der Waals surface area contributed by atoms with Crippen LogP contribution in [0.4, 0.5) is 0 Å². The third-order valence-electron chi connectivity index (χ3n) is 6.51. The summed E-state index contributed by atoms with van der Waals surface area (Å²) in [5.74, 6) is 0.956. The second kappa shape index (κ2) is 8.79. The van der Waals surface area contributed by atoms with Gasteiger partial charge in [0.2, 0.25) is 0 Å². The minimum atomic E-state index is 0.259. The maximum absolute atomic E-state index is 11.7. The Morgan fingerprint density at radius 2 is 1.18 bits per heavy atom. The molecule has 4 aromatic carbocycles. The average molecular weight is 448 g/mol. The molecule has 5 rings (SSSR count). The van der Waals surface area contributed by atoms with Crippen LogP contribution in [0.15, 0.2) is 78.9 Å². The van der Waals surface area contributed by atoms with Crippen LogP contribution in [0.5, 0.6) is 5.75 Å². The molecule has 34 heavy (non-hydrogen) atoms. The van der Waals surface area contributed by atoms with Crippen molar-refractivity contribution in [3.05, 3.63) is 90.0 Å². The molecule has 0 spiro atoms. The van der Waals surface area contributed by atoms with Gasteiger partial charge < -0.3 is 5.11 Å². The van der Waals surface area contributed by atoms with E-state index in [1.807, 2.05) is 24.3 Å². The van der Waals surface area contributed by atoms with Crippen molar-refractivity contribution in [2.24, 2.45) is 0 Å². The van der Waals surface area contributed by atoms with Gasteiger partial charge in [-0.15, -0.1) is 0 Å². The standard InChI is InChI=1S/C30H29N3O/c1-18(2)21-10-5-7-12-23(21)20-16-26(24-13-8-6-11-22(24)19(3)4)30(34)27(17-20)25-14-9-15-28-29(25)32-33-31-28/h5-19,34H,1-4H3,(H,31,32,33). The average Bonchev–Trinajstić information content (AvgIpc) is 3.33. The summed E-state index contributed by atoms with van der Waals surface area (Å²) in [7, 11) is 0. The monoisotopic (exact) mass is 447 g/mol. The van der Waals surface area contributed by atoms with Gasteiger partial charge in [0.25, 0.3) is 0 Å². The van der Waals surface area contributed by atoms with E-state index < -0.39 is 0 Å². The van der Waals surface area contributed by atoms with Gasteiger partial charge in [-0.1, -0.05) is 88.4 Å². The third kappa shape index (κ3) is 3.75. The Morgan fingerprint density at radius 3 is 1.85 bits per heavy atom. The zero-order valence-corrected chi connectivity index (χ0v) is 20.0. The van der Waals surface area contributed by atoms with Crippen LogP contribution in [0.25, 0.3) is 44.4 Å². The van der Waals surface area contributed by atoms with Crippen LogP contribution in [-0.4, -0.2) is 20.5 Å². The molecule has 0 saturated carbocycles. The van der Waals surface area contributed by atoms with Crippen molar-refractivity contribution >= 4 is 11.0 Å². The van der Waals surface area contributed by atoms with E-state index in [1.54, 1.807) is 0 Å². The lowest BCUT2D eigenvalue weighted by molar-refractivity contribution is 0.479. The minimum Gasteiger partial charge on any atom is -0.507 e. The van der Waals surface area contributed by atoms with Crippen molar-refractivity contribution in [1.29, 1.82) is 0 Å². The summed E-state index contributed by atoms with van der Waals surface area (Å²) in [5.41, 5.74) is 9.74. The number of rotatable bonds is 5. The number of aromatic amines is 1. The van der Waals surface area contributed by atoms with Crippen LogP contribution in [0.1, 0.15) is 50.7 Å². The molecule has 1 heterocycles. The molecular weight excluding hydrogens is 418 g/mol. The SMILES string of the molecule is CC(C)c1ccccc1-c1cc(-c2ccccc2C(C)C)c(O)c(-c2cccc3n[nH]nc23)c1. The zero-order valence-electron chi connectivity index (χ0n) is 20.0. The Balaban J connectivity index is 1.86. The van der Waals surface area contributed by atoms with Gasteiger partial charge in [-0.2, -0.15) is 15.4 Å². The molecule has 0 amide bonds. The molecule has 0 saturated heterocycles. The molecule has 0 unspecified atom stereocenters. The number of hydrogen-bond donors (Lipinski definition) is 2. The third-order valence-corrected chi connectivity index (χ3v) is 6.51. The number of nitrogens with one attached hydrogen (secondary N) is 1. The van der Waals surface area contributed by atoms with Crippen LogP contribution in [0.2, 0.25) is 0 Å². The largest absolute Gasteiger partial charge is 0.507 e. The molecule has 0 atom stereocenters. The lowest BCUT2D eigenvalue weighted by atomic mass is 9.85. The highest BCUT2D eigenvalue weighted by Crippen LogP contribution is 2.45. The highest BCUT2D eigenvalue weighted by Gasteiger charge is 2.20. The van der Waals surface area contributed by atoms with Crippen molar-refractivity contribution in [2.45, 2.75) is 39.5 Å². The predicted molar refractivity (Wildman–Crippen MR) is 140 cm³/mol. The number of H-pyrrole nitrogens is 1. The number of nitrogens with zero attached hydrogens (tertiary/aromatic N) is 2. The van der Waals surface area contributed by atoms with E-state index in [2.05, 4.69) is 97.7 Å². The summed E-state index contributed by atoms with van der Waals surface area (Å²) in [4.78, 5) is 0. The Labute approximate surface area is 200 Å². The first-order valence-electron chi connectivity index (χ1n) is 11.8. The van der Waals surface area contributed by atoms with E-state index >= 15 is 0 Å². The van der Waals surface area contributed by atoms with E-state index in [-0.39, 0.29) is 5.75 Å². The molecule has 2 N–H and O–H groups in total. The number of benzene rings is 4. The molecule has 0 radical (unpaired) electrons. The number of fused-ring (bicyclic) bond motifs is 1. The van der Waals surface area contributed by atoms with E-state index in [0.717, 1.165) is 38.9 Å². The quantitative estimate of drug-likeness (QED) is 0.288. The Kier molecular flexibility index (Phi) is 5.66. The fraction of sp³-hybridized carbons (Fsp3) is 0.200. The molecule has 4 heteroatoms. The lowest BCUT2D eigenvalue weighted by Gasteiger charge is -2.20. The van der Waals surface area contributed by atoms with Crippen molar-refractivity contribution in [1.82, 2.24) is 15.4 Å². The highest BCUT2D eigenvalue weighted by atomic mass is 16.3. The van der Waals surface area contributed by atoms with Crippen molar-refractivity contribution in [3.8, 4) is 39.1 Å². The summed E-state index contributed by atoms with van der Waals surface area (Å²) < 4.78 is 0. The van der Waals surface area contributed by atoms with Crippen LogP contribution < -0.4 is 0 Å². The molecule has 0 aliphatic heterocycles. The number of phenolic OH excluding ortho intramolecular Hbond substituents is 1. The zero-order chi connectivity index (χ0) is 23.8. The fourth-order valence-electron chi connectivity index (χ4n) is 4.79. The van der Waals surface area contributed by atoms with Gasteiger partial charge in [-0.3, -0.25) is 0 Å². The second-order valence-electron chi connectivity index (χ2n) is 9.40. The summed E-state index contributed by atoms with van der Waals surface area (Å²) in [6, 6.07) is 26.9. The highest BCUT2D eigenvalue weighted by molar-refractivity contribution is 5.97. The lowest BCUT2D eigenvalue weighted by Crippen LogP contribution is -1.96. The maximum atomic E-state index is 11.7. The van der Waals surface area contributed by atoms with E-state index in [1.165, 1.54) is 16.7 Å². The van der Waals surface area contributed by atoms with E-state index in [0.29, 0.717) is 11.8 Å². The smallest absolute Gasteiger partial charge is 0.131 e. The van der Waals surface area contributed by atoms with E-state index in [9.17, 15) is 5.11 Å². The summed E-state index contributed by atoms with van der Waals surface area (Å²) in [6.07, 6.45) is 0. The topological polar surface area (TPSA) is 61.8 Å². The molecule has 4 nitrogen and oxygen atoms in total. The molecule has 0 bridgehead atoms. The first kappa shape index (κ1) is 21.9.